The first-order valence-electron chi connectivity index (χ1n) is 6.15. The zero-order valence-corrected chi connectivity index (χ0v) is 10.4. The average Bonchev–Trinajstić information content (AvgIpc) is 2.77. The maximum atomic E-state index is 12.0. The van der Waals surface area contributed by atoms with Gasteiger partial charge in [0.15, 0.2) is 0 Å². The van der Waals surface area contributed by atoms with Crippen molar-refractivity contribution >= 4 is 12.0 Å². The molecule has 2 atom stereocenters. The fraction of sp³-hybridized carbons (Fsp3) is 0.500. The highest BCUT2D eigenvalue weighted by Gasteiger charge is 2.23. The fourth-order valence-electron chi connectivity index (χ4n) is 2.49. The van der Waals surface area contributed by atoms with E-state index in [-0.39, 0.29) is 5.91 Å². The number of piperidine rings is 1. The topological polar surface area (TPSA) is 33.5 Å². The van der Waals surface area contributed by atoms with E-state index >= 15 is 0 Å². The van der Waals surface area contributed by atoms with E-state index in [4.69, 9.17) is 4.42 Å². The molecule has 1 fully saturated rings. The van der Waals surface area contributed by atoms with Crippen molar-refractivity contribution in [1.82, 2.24) is 4.90 Å². The Morgan fingerprint density at radius 2 is 2.12 bits per heavy atom. The minimum absolute atomic E-state index is 0.0831. The van der Waals surface area contributed by atoms with Crippen molar-refractivity contribution < 1.29 is 9.21 Å². The lowest BCUT2D eigenvalue weighted by atomic mass is 9.92. The monoisotopic (exact) mass is 233 g/mol. The molecule has 0 N–H and O–H groups in total. The van der Waals surface area contributed by atoms with Gasteiger partial charge in [0.05, 0.1) is 6.26 Å². The highest BCUT2D eigenvalue weighted by Crippen LogP contribution is 2.21. The number of furan rings is 1. The van der Waals surface area contributed by atoms with E-state index < -0.39 is 0 Å². The van der Waals surface area contributed by atoms with Gasteiger partial charge in [-0.25, -0.2) is 0 Å². The lowest BCUT2D eigenvalue weighted by Crippen LogP contribution is -2.41. The molecule has 1 saturated heterocycles. The second-order valence-electron chi connectivity index (χ2n) is 5.04. The zero-order valence-electron chi connectivity index (χ0n) is 10.4. The summed E-state index contributed by atoms with van der Waals surface area (Å²) in [6, 6.07) is 3.65. The summed E-state index contributed by atoms with van der Waals surface area (Å²) in [5.74, 6) is 2.00. The molecule has 2 rings (SSSR count). The molecule has 1 aliphatic rings. The molecule has 0 bridgehead atoms. The SMILES string of the molecule is CC1CC(C)CN(C(=O)/C=C/c2ccco2)C1. The summed E-state index contributed by atoms with van der Waals surface area (Å²) in [4.78, 5) is 13.9. The van der Waals surface area contributed by atoms with Gasteiger partial charge in [0.25, 0.3) is 0 Å². The first-order valence-corrected chi connectivity index (χ1v) is 6.15. The molecule has 0 spiro atoms. The summed E-state index contributed by atoms with van der Waals surface area (Å²) in [5, 5.41) is 0. The van der Waals surface area contributed by atoms with Crippen LogP contribution < -0.4 is 0 Å². The number of carbonyl (C=O) groups excluding carboxylic acids is 1. The number of hydrogen-bond acceptors (Lipinski definition) is 2. The van der Waals surface area contributed by atoms with Crippen LogP contribution in [0.3, 0.4) is 0 Å². The van der Waals surface area contributed by atoms with Crippen LogP contribution in [0.2, 0.25) is 0 Å². The van der Waals surface area contributed by atoms with Crippen LogP contribution in [0.5, 0.6) is 0 Å². The minimum atomic E-state index is 0.0831. The lowest BCUT2D eigenvalue weighted by Gasteiger charge is -2.34. The Morgan fingerprint density at radius 1 is 1.41 bits per heavy atom. The highest BCUT2D eigenvalue weighted by atomic mass is 16.3. The number of nitrogens with zero attached hydrogens (tertiary/aromatic N) is 1. The van der Waals surface area contributed by atoms with Crippen molar-refractivity contribution in [3.05, 3.63) is 30.2 Å². The molecule has 2 unspecified atom stereocenters. The Hall–Kier alpha value is -1.51. The Morgan fingerprint density at radius 3 is 2.71 bits per heavy atom. The molecule has 92 valence electrons. The molecule has 1 aliphatic heterocycles. The van der Waals surface area contributed by atoms with Crippen LogP contribution in [0.4, 0.5) is 0 Å². The van der Waals surface area contributed by atoms with Gasteiger partial charge in [-0.05, 0) is 36.5 Å². The van der Waals surface area contributed by atoms with Gasteiger partial charge in [0, 0.05) is 19.2 Å². The van der Waals surface area contributed by atoms with Crippen LogP contribution in [0.15, 0.2) is 28.9 Å². The Kier molecular flexibility index (Phi) is 3.67. The minimum Gasteiger partial charge on any atom is -0.465 e. The molecule has 17 heavy (non-hydrogen) atoms. The molecule has 0 aromatic carbocycles. The van der Waals surface area contributed by atoms with Crippen molar-refractivity contribution in [1.29, 1.82) is 0 Å². The quantitative estimate of drug-likeness (QED) is 0.736. The molecule has 1 aromatic heterocycles. The Bertz CT molecular complexity index is 384. The van der Waals surface area contributed by atoms with Crippen molar-refractivity contribution in [2.45, 2.75) is 20.3 Å². The van der Waals surface area contributed by atoms with E-state index in [1.54, 1.807) is 18.4 Å². The maximum Gasteiger partial charge on any atom is 0.246 e. The van der Waals surface area contributed by atoms with Crippen molar-refractivity contribution in [2.75, 3.05) is 13.1 Å². The number of hydrogen-bond donors (Lipinski definition) is 0. The number of amides is 1. The van der Waals surface area contributed by atoms with E-state index in [2.05, 4.69) is 13.8 Å². The molecule has 2 heterocycles. The predicted molar refractivity (Wildman–Crippen MR) is 67.3 cm³/mol. The molecule has 0 saturated carbocycles. The highest BCUT2D eigenvalue weighted by molar-refractivity contribution is 5.91. The molecule has 1 aromatic rings. The summed E-state index contributed by atoms with van der Waals surface area (Å²) in [7, 11) is 0. The third-order valence-electron chi connectivity index (χ3n) is 3.11. The van der Waals surface area contributed by atoms with Gasteiger partial charge < -0.3 is 9.32 Å². The van der Waals surface area contributed by atoms with Gasteiger partial charge in [0.2, 0.25) is 5.91 Å². The van der Waals surface area contributed by atoms with Crippen molar-refractivity contribution in [3.63, 3.8) is 0 Å². The summed E-state index contributed by atoms with van der Waals surface area (Å²) in [6.45, 7) is 6.13. The third kappa shape index (κ3) is 3.22. The second-order valence-corrected chi connectivity index (χ2v) is 5.04. The smallest absolute Gasteiger partial charge is 0.246 e. The van der Waals surface area contributed by atoms with Crippen LogP contribution in [0.1, 0.15) is 26.0 Å². The van der Waals surface area contributed by atoms with Crippen LogP contribution in [-0.2, 0) is 4.79 Å². The number of carbonyl (C=O) groups is 1. The zero-order chi connectivity index (χ0) is 12.3. The first-order chi connectivity index (χ1) is 8.15. The molecular formula is C14H19NO2. The van der Waals surface area contributed by atoms with Gasteiger partial charge in [0.1, 0.15) is 5.76 Å². The Balaban J connectivity index is 1.95. The van der Waals surface area contributed by atoms with Gasteiger partial charge in [-0.2, -0.15) is 0 Å². The van der Waals surface area contributed by atoms with Gasteiger partial charge >= 0.3 is 0 Å². The number of rotatable bonds is 2. The summed E-state index contributed by atoms with van der Waals surface area (Å²) in [6.07, 6.45) is 6.15. The van der Waals surface area contributed by atoms with Crippen LogP contribution in [-0.4, -0.2) is 23.9 Å². The van der Waals surface area contributed by atoms with E-state index in [9.17, 15) is 4.79 Å². The lowest BCUT2D eigenvalue weighted by molar-refractivity contribution is -0.128. The average molecular weight is 233 g/mol. The molecular weight excluding hydrogens is 214 g/mol. The van der Waals surface area contributed by atoms with Crippen molar-refractivity contribution in [2.24, 2.45) is 11.8 Å². The van der Waals surface area contributed by atoms with Crippen LogP contribution in [0.25, 0.3) is 6.08 Å². The van der Waals surface area contributed by atoms with Crippen LogP contribution >= 0.6 is 0 Å². The molecule has 0 radical (unpaired) electrons. The number of likely N-dealkylation sites (tertiary alicyclic amines) is 1. The van der Waals surface area contributed by atoms with Gasteiger partial charge in [-0.3, -0.25) is 4.79 Å². The fourth-order valence-corrected chi connectivity index (χ4v) is 2.49. The normalized spacial score (nSPS) is 25.4. The largest absolute Gasteiger partial charge is 0.465 e. The van der Waals surface area contributed by atoms with Crippen LogP contribution in [0, 0.1) is 11.8 Å². The predicted octanol–water partition coefficient (Wildman–Crippen LogP) is 2.80. The summed E-state index contributed by atoms with van der Waals surface area (Å²) < 4.78 is 5.16. The summed E-state index contributed by atoms with van der Waals surface area (Å²) in [5.41, 5.74) is 0. The molecule has 3 heteroatoms. The molecule has 0 aliphatic carbocycles. The summed E-state index contributed by atoms with van der Waals surface area (Å²) >= 11 is 0. The standard InChI is InChI=1S/C14H19NO2/c1-11-8-12(2)10-15(9-11)14(16)6-5-13-4-3-7-17-13/h3-7,11-12H,8-10H2,1-2H3/b6-5+. The van der Waals surface area contributed by atoms with E-state index in [1.165, 1.54) is 6.42 Å². The van der Waals surface area contributed by atoms with E-state index in [1.807, 2.05) is 17.0 Å². The van der Waals surface area contributed by atoms with E-state index in [0.717, 1.165) is 18.8 Å². The van der Waals surface area contributed by atoms with Gasteiger partial charge in [-0.15, -0.1) is 0 Å². The van der Waals surface area contributed by atoms with Gasteiger partial charge in [-0.1, -0.05) is 13.8 Å². The maximum absolute atomic E-state index is 12.0. The van der Waals surface area contributed by atoms with Crippen molar-refractivity contribution in [3.8, 4) is 0 Å². The third-order valence-corrected chi connectivity index (χ3v) is 3.11. The molecule has 1 amide bonds. The Labute approximate surface area is 102 Å². The first kappa shape index (κ1) is 12.0. The second kappa shape index (κ2) is 5.21. The van der Waals surface area contributed by atoms with E-state index in [0.29, 0.717) is 11.8 Å². The molecule has 3 nitrogen and oxygen atoms in total.